The van der Waals surface area contributed by atoms with Crippen LogP contribution in [0, 0.1) is 0 Å². The number of hydrogen-bond acceptors (Lipinski definition) is 5. The minimum Gasteiger partial charge on any atom is -0.459 e. The smallest absolute Gasteiger partial charge is 0.286 e. The van der Waals surface area contributed by atoms with E-state index >= 15 is 0 Å². The van der Waals surface area contributed by atoms with Gasteiger partial charge in [-0.25, -0.2) is 4.98 Å². The van der Waals surface area contributed by atoms with Gasteiger partial charge in [-0.15, -0.1) is 0 Å². The van der Waals surface area contributed by atoms with Crippen molar-refractivity contribution in [2.75, 3.05) is 6.54 Å². The minimum atomic E-state index is -0.244. The molecule has 3 rings (SSSR count). The number of H-pyrrole nitrogens is 1. The summed E-state index contributed by atoms with van der Waals surface area (Å²) >= 11 is 0. The van der Waals surface area contributed by atoms with Crippen molar-refractivity contribution in [1.82, 2.24) is 25.5 Å². The lowest BCUT2D eigenvalue weighted by molar-refractivity contribution is 0.0926. The number of furan rings is 1. The molecular weight excluding hydrogens is 270 g/mol. The summed E-state index contributed by atoms with van der Waals surface area (Å²) in [7, 11) is 0. The third-order valence-electron chi connectivity index (χ3n) is 2.84. The Morgan fingerprint density at radius 2 is 2.29 bits per heavy atom. The van der Waals surface area contributed by atoms with Crippen molar-refractivity contribution in [1.29, 1.82) is 0 Å². The van der Waals surface area contributed by atoms with Crippen molar-refractivity contribution in [2.45, 2.75) is 6.42 Å². The Bertz CT molecular complexity index is 706. The first kappa shape index (κ1) is 13.0. The molecule has 3 aromatic rings. The molecule has 7 heteroatoms. The Hall–Kier alpha value is -2.96. The van der Waals surface area contributed by atoms with Crippen LogP contribution in [0.4, 0.5) is 0 Å². The van der Waals surface area contributed by atoms with Crippen molar-refractivity contribution in [3.05, 3.63) is 54.5 Å². The Morgan fingerprint density at radius 1 is 1.33 bits per heavy atom. The summed E-state index contributed by atoms with van der Waals surface area (Å²) in [5, 5.41) is 9.73. The normalized spacial score (nSPS) is 10.5. The molecule has 0 aliphatic rings. The molecule has 1 amide bonds. The summed E-state index contributed by atoms with van der Waals surface area (Å²) in [4.78, 5) is 20.0. The Kier molecular flexibility index (Phi) is 3.72. The summed E-state index contributed by atoms with van der Waals surface area (Å²) < 4.78 is 5.01. The fourth-order valence-electron chi connectivity index (χ4n) is 1.82. The quantitative estimate of drug-likeness (QED) is 0.738. The highest BCUT2D eigenvalue weighted by Crippen LogP contribution is 2.11. The predicted octanol–water partition coefficient (Wildman–Crippen LogP) is 1.43. The summed E-state index contributed by atoms with van der Waals surface area (Å²) in [6, 6.07) is 7.00. The van der Waals surface area contributed by atoms with Crippen molar-refractivity contribution in [3.63, 3.8) is 0 Å². The fourth-order valence-corrected chi connectivity index (χ4v) is 1.82. The lowest BCUT2D eigenvalue weighted by Crippen LogP contribution is -2.25. The maximum atomic E-state index is 11.7. The molecule has 3 heterocycles. The van der Waals surface area contributed by atoms with Crippen molar-refractivity contribution in [3.8, 4) is 11.4 Å². The number of carbonyl (C=O) groups excluding carboxylic acids is 1. The minimum absolute atomic E-state index is 0.244. The van der Waals surface area contributed by atoms with Gasteiger partial charge in [0, 0.05) is 30.9 Å². The summed E-state index contributed by atoms with van der Waals surface area (Å²) in [6.07, 6.45) is 5.41. The Labute approximate surface area is 120 Å². The molecule has 0 saturated heterocycles. The Balaban J connectivity index is 1.55. The van der Waals surface area contributed by atoms with Crippen LogP contribution in [0.2, 0.25) is 0 Å². The molecule has 0 atom stereocenters. The topological polar surface area (TPSA) is 96.7 Å². The van der Waals surface area contributed by atoms with Gasteiger partial charge in [-0.2, -0.15) is 5.10 Å². The van der Waals surface area contributed by atoms with E-state index in [9.17, 15) is 4.79 Å². The van der Waals surface area contributed by atoms with E-state index in [0.29, 0.717) is 30.4 Å². The van der Waals surface area contributed by atoms with Crippen LogP contribution in [0.5, 0.6) is 0 Å². The van der Waals surface area contributed by atoms with Crippen LogP contribution in [0.1, 0.15) is 16.4 Å². The second-order valence-electron chi connectivity index (χ2n) is 4.33. The SMILES string of the molecule is O=C(NCCc1nc(-c2cccnc2)n[nH]1)c1ccco1. The fraction of sp³-hybridized carbons (Fsp3) is 0.143. The van der Waals surface area contributed by atoms with E-state index in [1.54, 1.807) is 24.5 Å². The van der Waals surface area contributed by atoms with Gasteiger partial charge in [-0.1, -0.05) is 0 Å². The van der Waals surface area contributed by atoms with E-state index in [1.807, 2.05) is 12.1 Å². The largest absolute Gasteiger partial charge is 0.459 e. The average molecular weight is 283 g/mol. The molecule has 2 N–H and O–H groups in total. The number of amides is 1. The third-order valence-corrected chi connectivity index (χ3v) is 2.84. The van der Waals surface area contributed by atoms with Crippen LogP contribution < -0.4 is 5.32 Å². The zero-order chi connectivity index (χ0) is 14.5. The molecule has 3 aromatic heterocycles. The molecule has 0 saturated carbocycles. The second-order valence-corrected chi connectivity index (χ2v) is 4.33. The van der Waals surface area contributed by atoms with Crippen LogP contribution in [0.15, 0.2) is 47.3 Å². The number of nitrogens with zero attached hydrogens (tertiary/aromatic N) is 3. The second kappa shape index (κ2) is 6.00. The molecular formula is C14H13N5O2. The van der Waals surface area contributed by atoms with E-state index in [-0.39, 0.29) is 5.91 Å². The first-order valence-electron chi connectivity index (χ1n) is 6.46. The van der Waals surface area contributed by atoms with Crippen LogP contribution in [0.3, 0.4) is 0 Å². The van der Waals surface area contributed by atoms with Crippen molar-refractivity contribution < 1.29 is 9.21 Å². The number of aromatic nitrogens is 4. The van der Waals surface area contributed by atoms with Crippen LogP contribution in [-0.4, -0.2) is 32.6 Å². The van der Waals surface area contributed by atoms with E-state index in [2.05, 4.69) is 25.5 Å². The molecule has 0 fully saturated rings. The zero-order valence-electron chi connectivity index (χ0n) is 11.1. The van der Waals surface area contributed by atoms with Crippen LogP contribution >= 0.6 is 0 Å². The summed E-state index contributed by atoms with van der Waals surface area (Å²) in [5.74, 6) is 1.35. The molecule has 0 spiro atoms. The van der Waals surface area contributed by atoms with Gasteiger partial charge in [0.15, 0.2) is 11.6 Å². The molecule has 0 bridgehead atoms. The number of carbonyl (C=O) groups is 1. The first-order valence-corrected chi connectivity index (χ1v) is 6.46. The number of hydrogen-bond donors (Lipinski definition) is 2. The zero-order valence-corrected chi connectivity index (χ0v) is 11.1. The highest BCUT2D eigenvalue weighted by Gasteiger charge is 2.09. The molecule has 106 valence electrons. The lowest BCUT2D eigenvalue weighted by Gasteiger charge is -2.00. The van der Waals surface area contributed by atoms with E-state index in [4.69, 9.17) is 4.42 Å². The Morgan fingerprint density at radius 3 is 3.05 bits per heavy atom. The van der Waals surface area contributed by atoms with Gasteiger partial charge in [-0.3, -0.25) is 14.9 Å². The van der Waals surface area contributed by atoms with Gasteiger partial charge in [0.25, 0.3) is 5.91 Å². The highest BCUT2D eigenvalue weighted by molar-refractivity contribution is 5.91. The van der Waals surface area contributed by atoms with Gasteiger partial charge in [-0.05, 0) is 24.3 Å². The van der Waals surface area contributed by atoms with Crippen molar-refractivity contribution in [2.24, 2.45) is 0 Å². The maximum absolute atomic E-state index is 11.7. The predicted molar refractivity (Wildman–Crippen MR) is 74.4 cm³/mol. The summed E-state index contributed by atoms with van der Waals surface area (Å²) in [5.41, 5.74) is 0.847. The molecule has 7 nitrogen and oxygen atoms in total. The van der Waals surface area contributed by atoms with Gasteiger partial charge in [0.1, 0.15) is 5.82 Å². The number of rotatable bonds is 5. The number of nitrogens with one attached hydrogen (secondary N) is 2. The van der Waals surface area contributed by atoms with Gasteiger partial charge < -0.3 is 9.73 Å². The molecule has 0 unspecified atom stereocenters. The van der Waals surface area contributed by atoms with Gasteiger partial charge >= 0.3 is 0 Å². The lowest BCUT2D eigenvalue weighted by atomic mass is 10.3. The number of pyridine rings is 1. The first-order chi connectivity index (χ1) is 10.3. The van der Waals surface area contributed by atoms with Gasteiger partial charge in [0.05, 0.1) is 6.26 Å². The summed E-state index contributed by atoms with van der Waals surface area (Å²) in [6.45, 7) is 0.446. The van der Waals surface area contributed by atoms with E-state index in [1.165, 1.54) is 6.26 Å². The standard InChI is InChI=1S/C14H13N5O2/c20-14(11-4-2-8-21-11)16-7-5-12-17-13(19-18-12)10-3-1-6-15-9-10/h1-4,6,8-9H,5,7H2,(H,16,20)(H,17,18,19). The van der Waals surface area contributed by atoms with E-state index in [0.717, 1.165) is 5.56 Å². The maximum Gasteiger partial charge on any atom is 0.286 e. The van der Waals surface area contributed by atoms with Crippen LogP contribution in [-0.2, 0) is 6.42 Å². The van der Waals surface area contributed by atoms with Crippen molar-refractivity contribution >= 4 is 5.91 Å². The van der Waals surface area contributed by atoms with Gasteiger partial charge in [0.2, 0.25) is 0 Å². The molecule has 0 aromatic carbocycles. The molecule has 0 aliphatic heterocycles. The average Bonchev–Trinajstić information content (AvgIpc) is 3.20. The monoisotopic (exact) mass is 283 g/mol. The van der Waals surface area contributed by atoms with E-state index < -0.39 is 0 Å². The number of aromatic amines is 1. The highest BCUT2D eigenvalue weighted by atomic mass is 16.3. The molecule has 21 heavy (non-hydrogen) atoms. The molecule has 0 radical (unpaired) electrons. The third kappa shape index (κ3) is 3.14. The van der Waals surface area contributed by atoms with Crippen LogP contribution in [0.25, 0.3) is 11.4 Å². The molecule has 0 aliphatic carbocycles.